The highest BCUT2D eigenvalue weighted by molar-refractivity contribution is 6.30. The number of hydrogen-bond donors (Lipinski definition) is 2. The van der Waals surface area contributed by atoms with Gasteiger partial charge in [-0.05, 0) is 59.5 Å². The van der Waals surface area contributed by atoms with Crippen LogP contribution in [-0.2, 0) is 11.2 Å². The minimum atomic E-state index is -0.303. The summed E-state index contributed by atoms with van der Waals surface area (Å²) in [7, 11) is 1.60. The van der Waals surface area contributed by atoms with Crippen molar-refractivity contribution in [2.75, 3.05) is 17.7 Å². The average molecular weight is 492 g/mol. The molecule has 0 spiro atoms. The van der Waals surface area contributed by atoms with Crippen molar-refractivity contribution < 1.29 is 13.9 Å². The van der Waals surface area contributed by atoms with E-state index in [-0.39, 0.29) is 36.2 Å². The predicted octanol–water partition coefficient (Wildman–Crippen LogP) is 5.41. The Labute approximate surface area is 206 Å². The number of anilines is 2. The Balaban J connectivity index is 1.40. The summed E-state index contributed by atoms with van der Waals surface area (Å²) < 4.78 is 20.5. The number of hydrogen-bond acceptors (Lipinski definition) is 5. The van der Waals surface area contributed by atoms with Crippen LogP contribution < -0.4 is 15.4 Å². The van der Waals surface area contributed by atoms with Crippen LogP contribution in [0.2, 0.25) is 5.02 Å². The van der Waals surface area contributed by atoms with Crippen LogP contribution in [0.1, 0.15) is 35.2 Å². The molecule has 2 heterocycles. The van der Waals surface area contributed by atoms with Crippen molar-refractivity contribution >= 4 is 29.4 Å². The third-order valence-corrected chi connectivity index (χ3v) is 6.24. The first-order valence-electron chi connectivity index (χ1n) is 11.2. The van der Waals surface area contributed by atoms with Crippen molar-refractivity contribution in [3.63, 3.8) is 0 Å². The molecule has 7 nitrogen and oxygen atoms in total. The van der Waals surface area contributed by atoms with E-state index in [0.29, 0.717) is 17.4 Å². The number of aromatic nitrogens is 3. The van der Waals surface area contributed by atoms with Gasteiger partial charge in [0.15, 0.2) is 0 Å². The fraction of sp³-hybridized carbons (Fsp3) is 0.192. The highest BCUT2D eigenvalue weighted by Gasteiger charge is 2.31. The number of fused-ring (bicyclic) bond motifs is 1. The van der Waals surface area contributed by atoms with Gasteiger partial charge in [-0.25, -0.2) is 9.07 Å². The number of nitrogens with zero attached hydrogens (tertiary/aromatic N) is 3. The van der Waals surface area contributed by atoms with Gasteiger partial charge in [0, 0.05) is 5.02 Å². The molecule has 1 amide bonds. The summed E-state index contributed by atoms with van der Waals surface area (Å²) >= 11 is 6.07. The monoisotopic (exact) mass is 491 g/mol. The molecule has 0 bridgehead atoms. The maximum atomic E-state index is 13.6. The van der Waals surface area contributed by atoms with Crippen LogP contribution in [0.15, 0.2) is 72.8 Å². The molecule has 3 aromatic carbocycles. The molecule has 1 aromatic heterocycles. The van der Waals surface area contributed by atoms with Crippen molar-refractivity contribution in [3.8, 4) is 5.75 Å². The molecule has 4 aromatic rings. The van der Waals surface area contributed by atoms with Crippen molar-refractivity contribution in [3.05, 3.63) is 100 Å². The number of carbonyl (C=O) groups is 1. The van der Waals surface area contributed by atoms with Crippen LogP contribution in [0.3, 0.4) is 0 Å². The smallest absolute Gasteiger partial charge is 0.250 e. The number of halogens is 2. The fourth-order valence-corrected chi connectivity index (χ4v) is 4.33. The molecule has 0 fully saturated rings. The number of methoxy groups -OCH3 is 1. The summed E-state index contributed by atoms with van der Waals surface area (Å²) in [6, 6.07) is 21.0. The molecule has 35 heavy (non-hydrogen) atoms. The van der Waals surface area contributed by atoms with Crippen molar-refractivity contribution in [1.29, 1.82) is 0 Å². The van der Waals surface area contributed by atoms with Crippen molar-refractivity contribution in [1.82, 2.24) is 14.8 Å². The van der Waals surface area contributed by atoms with E-state index in [2.05, 4.69) is 20.7 Å². The predicted molar refractivity (Wildman–Crippen MR) is 132 cm³/mol. The fourth-order valence-electron chi connectivity index (χ4n) is 4.20. The Hall–Kier alpha value is -3.91. The molecule has 0 radical (unpaired) electrons. The first-order valence-corrected chi connectivity index (χ1v) is 11.5. The minimum absolute atomic E-state index is 0.0677. The molecule has 2 N–H and O–H groups in total. The SMILES string of the molecule is COc1ccc(CC(=O)Nc2nc3n(n2)[C@@H](c2ccc(F)cc2)C[C@@H](c2ccc(Cl)cc2)N3)cc1. The first kappa shape index (κ1) is 22.9. The summed E-state index contributed by atoms with van der Waals surface area (Å²) in [5.41, 5.74) is 2.78. The second-order valence-electron chi connectivity index (χ2n) is 8.33. The quantitative estimate of drug-likeness (QED) is 0.377. The lowest BCUT2D eigenvalue weighted by molar-refractivity contribution is -0.115. The van der Waals surface area contributed by atoms with Gasteiger partial charge < -0.3 is 10.1 Å². The molecule has 9 heteroatoms. The highest BCUT2D eigenvalue weighted by atomic mass is 35.5. The Bertz CT molecular complexity index is 1320. The Morgan fingerprint density at radius 3 is 2.46 bits per heavy atom. The second-order valence-corrected chi connectivity index (χ2v) is 8.76. The van der Waals surface area contributed by atoms with Crippen molar-refractivity contribution in [2.45, 2.75) is 24.9 Å². The van der Waals surface area contributed by atoms with Crippen LogP contribution in [0, 0.1) is 5.82 Å². The number of nitrogens with one attached hydrogen (secondary N) is 2. The molecular formula is C26H23ClFN5O2. The van der Waals surface area contributed by atoms with E-state index in [1.165, 1.54) is 12.1 Å². The maximum Gasteiger partial charge on any atom is 0.250 e. The van der Waals surface area contributed by atoms with Gasteiger partial charge in [0.05, 0.1) is 25.6 Å². The molecule has 178 valence electrons. The zero-order valence-electron chi connectivity index (χ0n) is 18.9. The zero-order chi connectivity index (χ0) is 24.4. The first-order chi connectivity index (χ1) is 17.0. The summed E-state index contributed by atoms with van der Waals surface area (Å²) in [5.74, 6) is 0.916. The van der Waals surface area contributed by atoms with Gasteiger partial charge in [0.25, 0.3) is 5.95 Å². The van der Waals surface area contributed by atoms with Crippen LogP contribution in [0.5, 0.6) is 5.75 Å². The van der Waals surface area contributed by atoms with Crippen LogP contribution >= 0.6 is 11.6 Å². The topological polar surface area (TPSA) is 81.1 Å². The average Bonchev–Trinajstić information content (AvgIpc) is 3.27. The second kappa shape index (κ2) is 9.76. The number of amides is 1. The molecule has 0 saturated carbocycles. The van der Waals surface area contributed by atoms with Gasteiger partial charge in [-0.2, -0.15) is 4.98 Å². The maximum absolute atomic E-state index is 13.6. The van der Waals surface area contributed by atoms with E-state index >= 15 is 0 Å². The third-order valence-electron chi connectivity index (χ3n) is 5.99. The number of rotatable bonds is 6. The van der Waals surface area contributed by atoms with Gasteiger partial charge in [0.2, 0.25) is 11.9 Å². The third kappa shape index (κ3) is 5.12. The highest BCUT2D eigenvalue weighted by Crippen LogP contribution is 2.38. The van der Waals surface area contributed by atoms with Gasteiger partial charge in [-0.15, -0.1) is 5.10 Å². The lowest BCUT2D eigenvalue weighted by Crippen LogP contribution is -2.28. The van der Waals surface area contributed by atoms with E-state index in [1.54, 1.807) is 23.9 Å². The molecule has 5 rings (SSSR count). The van der Waals surface area contributed by atoms with Crippen molar-refractivity contribution in [2.24, 2.45) is 0 Å². The van der Waals surface area contributed by atoms with Crippen LogP contribution in [0.25, 0.3) is 0 Å². The normalized spacial score (nSPS) is 16.8. The molecule has 0 unspecified atom stereocenters. The van der Waals surface area contributed by atoms with Gasteiger partial charge in [0.1, 0.15) is 11.6 Å². The largest absolute Gasteiger partial charge is 0.497 e. The summed E-state index contributed by atoms with van der Waals surface area (Å²) in [6.45, 7) is 0. The van der Waals surface area contributed by atoms with E-state index in [4.69, 9.17) is 16.3 Å². The van der Waals surface area contributed by atoms with E-state index in [1.807, 2.05) is 48.5 Å². The number of ether oxygens (including phenoxy) is 1. The number of benzene rings is 3. The summed E-state index contributed by atoms with van der Waals surface area (Å²) in [5, 5.41) is 11.4. The molecule has 2 atom stereocenters. The van der Waals surface area contributed by atoms with Gasteiger partial charge in [-0.3, -0.25) is 10.1 Å². The van der Waals surface area contributed by atoms with E-state index in [0.717, 1.165) is 22.4 Å². The summed E-state index contributed by atoms with van der Waals surface area (Å²) in [6.07, 6.45) is 0.832. The Morgan fingerprint density at radius 2 is 1.77 bits per heavy atom. The number of carbonyl (C=O) groups excluding carboxylic acids is 1. The lowest BCUT2D eigenvalue weighted by Gasteiger charge is -2.31. The molecular weight excluding hydrogens is 469 g/mol. The molecule has 0 saturated heterocycles. The molecule has 0 aliphatic carbocycles. The van der Waals surface area contributed by atoms with E-state index < -0.39 is 0 Å². The standard InChI is InChI=1S/C26H23ClFN5O2/c1-35-21-12-2-16(3-13-21)14-24(34)30-25-31-26-29-22(17-4-8-19(27)9-5-17)15-23(33(26)32-25)18-6-10-20(28)11-7-18/h2-13,22-23H,14-15H2,1H3,(H2,29,30,31,32,34)/t22-,23+/m0/s1. The summed E-state index contributed by atoms with van der Waals surface area (Å²) in [4.78, 5) is 17.2. The Morgan fingerprint density at radius 1 is 1.09 bits per heavy atom. The van der Waals surface area contributed by atoms with Crippen LogP contribution in [0.4, 0.5) is 16.3 Å². The van der Waals surface area contributed by atoms with Gasteiger partial charge in [-0.1, -0.05) is 48.0 Å². The molecule has 1 aliphatic rings. The Kier molecular flexibility index (Phi) is 6.37. The van der Waals surface area contributed by atoms with E-state index in [9.17, 15) is 9.18 Å². The minimum Gasteiger partial charge on any atom is -0.497 e. The zero-order valence-corrected chi connectivity index (χ0v) is 19.7. The van der Waals surface area contributed by atoms with Gasteiger partial charge >= 0.3 is 0 Å². The van der Waals surface area contributed by atoms with Crippen LogP contribution in [-0.4, -0.2) is 27.8 Å². The lowest BCUT2D eigenvalue weighted by atomic mass is 9.93. The molecule has 1 aliphatic heterocycles.